The van der Waals surface area contributed by atoms with Crippen molar-refractivity contribution >= 4 is 33.2 Å². The molecule has 1 aromatic heterocycles. The molecule has 2 heterocycles. The van der Waals surface area contributed by atoms with Crippen molar-refractivity contribution in [2.24, 2.45) is 5.92 Å². The molecule has 27 heavy (non-hydrogen) atoms. The first-order valence-corrected chi connectivity index (χ1v) is 10.7. The number of hydrogen-bond donors (Lipinski definition) is 1. The van der Waals surface area contributed by atoms with E-state index in [-0.39, 0.29) is 12.0 Å². The topological polar surface area (TPSA) is 59.0 Å². The van der Waals surface area contributed by atoms with Crippen molar-refractivity contribution in [2.75, 3.05) is 26.8 Å². The molecule has 0 bridgehead atoms. The van der Waals surface area contributed by atoms with Crippen molar-refractivity contribution < 1.29 is 19.4 Å². The molecule has 2 aromatic rings. The molecule has 5 nitrogen and oxygen atoms in total. The molecule has 1 aliphatic heterocycles. The fourth-order valence-electron chi connectivity index (χ4n) is 3.60. The Labute approximate surface area is 172 Å². The first-order chi connectivity index (χ1) is 13.0. The average Bonchev–Trinajstić information content (AvgIpc) is 3.09. The summed E-state index contributed by atoms with van der Waals surface area (Å²) in [6.07, 6.45) is 1.62. The van der Waals surface area contributed by atoms with Crippen molar-refractivity contribution in [1.82, 2.24) is 4.90 Å². The van der Waals surface area contributed by atoms with Gasteiger partial charge < -0.3 is 14.6 Å². The van der Waals surface area contributed by atoms with E-state index in [0.29, 0.717) is 18.9 Å². The number of hydrogen-bond acceptors (Lipinski definition) is 5. The van der Waals surface area contributed by atoms with Gasteiger partial charge in [0.05, 0.1) is 29.5 Å². The van der Waals surface area contributed by atoms with Gasteiger partial charge in [-0.25, -0.2) is 0 Å². The van der Waals surface area contributed by atoms with Crippen LogP contribution in [0.2, 0.25) is 0 Å². The van der Waals surface area contributed by atoms with E-state index < -0.39 is 5.97 Å². The van der Waals surface area contributed by atoms with Gasteiger partial charge in [0.1, 0.15) is 0 Å². The molecule has 0 amide bonds. The van der Waals surface area contributed by atoms with Gasteiger partial charge in [0, 0.05) is 11.4 Å². The number of rotatable bonds is 7. The number of nitrogens with zero attached hydrogens (tertiary/aromatic N) is 1. The van der Waals surface area contributed by atoms with Gasteiger partial charge in [-0.05, 0) is 72.1 Å². The molecule has 7 heteroatoms. The summed E-state index contributed by atoms with van der Waals surface area (Å²) in [6, 6.07) is 10.1. The Balaban J connectivity index is 1.99. The fraction of sp³-hybridized carbons (Fsp3) is 0.450. The number of halogens is 1. The van der Waals surface area contributed by atoms with Crippen LogP contribution in [0, 0.1) is 5.92 Å². The van der Waals surface area contributed by atoms with Crippen molar-refractivity contribution in [3.05, 3.63) is 44.6 Å². The minimum atomic E-state index is -0.713. The minimum Gasteiger partial charge on any atom is -0.493 e. The van der Waals surface area contributed by atoms with E-state index in [4.69, 9.17) is 9.47 Å². The number of carboxylic acids is 1. The first kappa shape index (κ1) is 20.2. The van der Waals surface area contributed by atoms with Crippen molar-refractivity contribution in [3.63, 3.8) is 0 Å². The summed E-state index contributed by atoms with van der Waals surface area (Å²) in [4.78, 5) is 15.0. The summed E-state index contributed by atoms with van der Waals surface area (Å²) >= 11 is 5.23. The van der Waals surface area contributed by atoms with Crippen LogP contribution < -0.4 is 9.47 Å². The fourth-order valence-corrected chi connectivity index (χ4v) is 5.19. The Morgan fingerprint density at radius 2 is 2.19 bits per heavy atom. The standard InChI is InChI=1S/C20H24BrNO4S/c1-3-26-15-7-6-13(11-16(15)25-2)19(17-8-9-18(21)27-17)22-10-4-5-14(12-22)20(23)24/h6-9,11,14,19H,3-5,10,12H2,1-2H3,(H,23,24). The van der Waals surface area contributed by atoms with Crippen molar-refractivity contribution in [2.45, 2.75) is 25.8 Å². The first-order valence-electron chi connectivity index (χ1n) is 9.06. The highest BCUT2D eigenvalue weighted by molar-refractivity contribution is 9.11. The summed E-state index contributed by atoms with van der Waals surface area (Å²) in [5.41, 5.74) is 1.08. The highest BCUT2D eigenvalue weighted by atomic mass is 79.9. The number of carboxylic acid groups (broad SMARTS) is 1. The molecule has 146 valence electrons. The maximum Gasteiger partial charge on any atom is 0.307 e. The summed E-state index contributed by atoms with van der Waals surface area (Å²) in [5, 5.41) is 9.49. The molecule has 1 aromatic carbocycles. The second-order valence-corrected chi connectivity index (χ2v) is 9.05. The van der Waals surface area contributed by atoms with Gasteiger partial charge in [0.15, 0.2) is 11.5 Å². The third kappa shape index (κ3) is 4.65. The van der Waals surface area contributed by atoms with Crippen LogP contribution >= 0.6 is 27.3 Å². The van der Waals surface area contributed by atoms with Crippen molar-refractivity contribution in [1.29, 1.82) is 0 Å². The lowest BCUT2D eigenvalue weighted by Gasteiger charge is -2.37. The molecule has 1 N–H and O–H groups in total. The van der Waals surface area contributed by atoms with Gasteiger partial charge in [0.2, 0.25) is 0 Å². The number of aliphatic carboxylic acids is 1. The van der Waals surface area contributed by atoms with E-state index in [1.54, 1.807) is 18.4 Å². The molecule has 2 atom stereocenters. The smallest absolute Gasteiger partial charge is 0.307 e. The number of benzene rings is 1. The molecule has 1 saturated heterocycles. The normalized spacial score (nSPS) is 18.9. The van der Waals surface area contributed by atoms with Crippen LogP contribution in [-0.2, 0) is 4.79 Å². The Morgan fingerprint density at radius 3 is 2.81 bits per heavy atom. The van der Waals surface area contributed by atoms with Crippen molar-refractivity contribution in [3.8, 4) is 11.5 Å². The van der Waals surface area contributed by atoms with Crippen LogP contribution in [0.1, 0.15) is 36.2 Å². The maximum absolute atomic E-state index is 11.5. The zero-order valence-electron chi connectivity index (χ0n) is 15.5. The molecule has 0 radical (unpaired) electrons. The van der Waals surface area contributed by atoms with Crippen LogP contribution in [0.15, 0.2) is 34.1 Å². The zero-order valence-corrected chi connectivity index (χ0v) is 17.9. The molecule has 0 aliphatic carbocycles. The lowest BCUT2D eigenvalue weighted by Crippen LogP contribution is -2.41. The van der Waals surface area contributed by atoms with E-state index in [1.165, 1.54) is 4.88 Å². The second-order valence-electron chi connectivity index (χ2n) is 6.56. The average molecular weight is 454 g/mol. The molecule has 2 unspecified atom stereocenters. The van der Waals surface area contributed by atoms with Crippen LogP contribution in [0.25, 0.3) is 0 Å². The monoisotopic (exact) mass is 453 g/mol. The van der Waals surface area contributed by atoms with E-state index >= 15 is 0 Å². The van der Waals surface area contributed by atoms with Gasteiger partial charge in [-0.3, -0.25) is 9.69 Å². The molecule has 0 saturated carbocycles. The Kier molecular flexibility index (Phi) is 6.78. The minimum absolute atomic E-state index is 0.00646. The Hall–Kier alpha value is -1.57. The Morgan fingerprint density at radius 1 is 1.37 bits per heavy atom. The maximum atomic E-state index is 11.5. The third-order valence-electron chi connectivity index (χ3n) is 4.83. The quantitative estimate of drug-likeness (QED) is 0.651. The SMILES string of the molecule is CCOc1ccc(C(c2ccc(Br)s2)N2CCCC(C(=O)O)C2)cc1OC. The highest BCUT2D eigenvalue weighted by Gasteiger charge is 2.32. The van der Waals surface area contributed by atoms with E-state index in [9.17, 15) is 9.90 Å². The summed E-state index contributed by atoms with van der Waals surface area (Å²) in [5.74, 6) is 0.378. The second kappa shape index (κ2) is 9.08. The molecule has 0 spiro atoms. The number of piperidine rings is 1. The third-order valence-corrected chi connectivity index (χ3v) is 6.51. The molecular weight excluding hydrogens is 430 g/mol. The highest BCUT2D eigenvalue weighted by Crippen LogP contribution is 2.40. The van der Waals surface area contributed by atoms with Crippen LogP contribution in [0.5, 0.6) is 11.5 Å². The van der Waals surface area contributed by atoms with Gasteiger partial charge in [-0.2, -0.15) is 0 Å². The predicted molar refractivity (Wildman–Crippen MR) is 110 cm³/mol. The zero-order chi connectivity index (χ0) is 19.4. The van der Waals surface area contributed by atoms with Crippen LogP contribution in [0.3, 0.4) is 0 Å². The predicted octanol–water partition coefficient (Wildman–Crippen LogP) is 4.80. The van der Waals surface area contributed by atoms with Gasteiger partial charge >= 0.3 is 5.97 Å². The molecule has 1 fully saturated rings. The lowest BCUT2D eigenvalue weighted by atomic mass is 9.94. The largest absolute Gasteiger partial charge is 0.493 e. The summed E-state index contributed by atoms with van der Waals surface area (Å²) in [7, 11) is 1.64. The summed E-state index contributed by atoms with van der Waals surface area (Å²) in [6.45, 7) is 3.94. The van der Waals surface area contributed by atoms with Gasteiger partial charge in [-0.1, -0.05) is 6.07 Å². The molecule has 1 aliphatic rings. The van der Waals surface area contributed by atoms with E-state index in [1.807, 2.05) is 25.1 Å². The van der Waals surface area contributed by atoms with E-state index in [0.717, 1.165) is 34.5 Å². The van der Waals surface area contributed by atoms with Gasteiger partial charge in [-0.15, -0.1) is 11.3 Å². The van der Waals surface area contributed by atoms with Crippen LogP contribution in [-0.4, -0.2) is 42.8 Å². The lowest BCUT2D eigenvalue weighted by molar-refractivity contribution is -0.143. The number of likely N-dealkylation sites (tertiary alicyclic amines) is 1. The number of ether oxygens (including phenoxy) is 2. The number of carbonyl (C=O) groups is 1. The Bertz CT molecular complexity index is 794. The molecular formula is C20H24BrNO4S. The van der Waals surface area contributed by atoms with E-state index in [2.05, 4.69) is 33.0 Å². The molecule has 3 rings (SSSR count). The van der Waals surface area contributed by atoms with Crippen LogP contribution in [0.4, 0.5) is 0 Å². The summed E-state index contributed by atoms with van der Waals surface area (Å²) < 4.78 is 12.2. The number of methoxy groups -OCH3 is 1. The van der Waals surface area contributed by atoms with Gasteiger partial charge in [0.25, 0.3) is 0 Å². The number of thiophene rings is 1.